The second-order valence-electron chi connectivity index (χ2n) is 6.58. The van der Waals surface area contributed by atoms with Crippen LogP contribution >= 0.6 is 0 Å². The van der Waals surface area contributed by atoms with E-state index >= 15 is 0 Å². The van der Waals surface area contributed by atoms with Crippen molar-refractivity contribution in [2.45, 2.75) is 26.2 Å². The van der Waals surface area contributed by atoms with Crippen LogP contribution in [-0.4, -0.2) is 28.6 Å². The predicted octanol–water partition coefficient (Wildman–Crippen LogP) is 3.01. The summed E-state index contributed by atoms with van der Waals surface area (Å²) in [4.78, 5) is 27.3. The summed E-state index contributed by atoms with van der Waals surface area (Å²) in [5.41, 5.74) is 6.60. The third-order valence-electron chi connectivity index (χ3n) is 4.23. The van der Waals surface area contributed by atoms with E-state index in [-0.39, 0.29) is 49.3 Å². The molecule has 2 amide bonds. The number of ether oxygens (including phenoxy) is 1. The number of benzene rings is 2. The maximum atomic E-state index is 13.7. The number of hydrogen-bond donors (Lipinski definition) is 2. The van der Waals surface area contributed by atoms with Crippen LogP contribution in [-0.2, 0) is 16.0 Å². The zero-order chi connectivity index (χ0) is 21.5. The fourth-order valence-corrected chi connectivity index (χ4v) is 2.60. The Labute approximate surface area is 172 Å². The molecule has 0 spiro atoms. The van der Waals surface area contributed by atoms with Gasteiger partial charge in [0.15, 0.2) is 0 Å². The zero-order valence-electron chi connectivity index (χ0n) is 16.4. The van der Waals surface area contributed by atoms with E-state index in [9.17, 15) is 14.0 Å². The number of rotatable bonds is 9. The number of amides is 2. The van der Waals surface area contributed by atoms with Crippen LogP contribution in [0.3, 0.4) is 0 Å². The summed E-state index contributed by atoms with van der Waals surface area (Å²) < 4.78 is 24.4. The van der Waals surface area contributed by atoms with Gasteiger partial charge in [-0.15, -0.1) is 0 Å². The maximum Gasteiger partial charge on any atom is 0.227 e. The minimum Gasteiger partial charge on any atom is -0.491 e. The smallest absolute Gasteiger partial charge is 0.227 e. The summed E-state index contributed by atoms with van der Waals surface area (Å²) in [6.45, 7) is 1.78. The van der Waals surface area contributed by atoms with Gasteiger partial charge in [-0.1, -0.05) is 29.4 Å². The Balaban J connectivity index is 1.56. The Hall–Kier alpha value is -3.75. The normalized spacial score (nSPS) is 10.6. The van der Waals surface area contributed by atoms with Crippen LogP contribution < -0.4 is 15.8 Å². The average molecular weight is 412 g/mol. The number of aryl methyl sites for hydroxylation is 2. The van der Waals surface area contributed by atoms with Crippen LogP contribution in [0.2, 0.25) is 0 Å². The van der Waals surface area contributed by atoms with Gasteiger partial charge < -0.3 is 20.3 Å². The van der Waals surface area contributed by atoms with E-state index in [2.05, 4.69) is 15.5 Å². The number of hydrogen-bond acceptors (Lipinski definition) is 6. The van der Waals surface area contributed by atoms with E-state index in [4.69, 9.17) is 15.0 Å². The van der Waals surface area contributed by atoms with Crippen molar-refractivity contribution >= 4 is 17.5 Å². The van der Waals surface area contributed by atoms with Crippen molar-refractivity contribution in [1.29, 1.82) is 0 Å². The summed E-state index contributed by atoms with van der Waals surface area (Å²) in [6, 6.07) is 11.6. The number of primary amides is 1. The van der Waals surface area contributed by atoms with E-state index in [1.54, 1.807) is 43.3 Å². The van der Waals surface area contributed by atoms with E-state index < -0.39 is 5.91 Å². The number of carbonyl (C=O) groups excluding carboxylic acids is 2. The number of nitrogens with one attached hydrogen (secondary N) is 1. The molecule has 0 unspecified atom stereocenters. The van der Waals surface area contributed by atoms with Gasteiger partial charge in [0, 0.05) is 18.4 Å². The molecule has 3 rings (SSSR count). The Bertz CT molecular complexity index is 1050. The topological polar surface area (TPSA) is 120 Å². The van der Waals surface area contributed by atoms with Crippen molar-refractivity contribution in [3.63, 3.8) is 0 Å². The summed E-state index contributed by atoms with van der Waals surface area (Å²) in [5.74, 6) is -0.126. The van der Waals surface area contributed by atoms with Crippen molar-refractivity contribution in [2.75, 3.05) is 11.9 Å². The Morgan fingerprint density at radius 3 is 2.77 bits per heavy atom. The number of para-hydroxylation sites is 2. The summed E-state index contributed by atoms with van der Waals surface area (Å²) in [7, 11) is 0. The minimum absolute atomic E-state index is 0.0761. The lowest BCUT2D eigenvalue weighted by atomic mass is 10.1. The van der Waals surface area contributed by atoms with Crippen LogP contribution in [0, 0.1) is 12.7 Å². The molecule has 9 heteroatoms. The molecule has 0 aliphatic heterocycles. The van der Waals surface area contributed by atoms with Crippen molar-refractivity contribution in [3.8, 4) is 17.1 Å². The van der Waals surface area contributed by atoms with Gasteiger partial charge in [-0.2, -0.15) is 4.98 Å². The second kappa shape index (κ2) is 9.64. The Morgan fingerprint density at radius 2 is 2.00 bits per heavy atom. The molecule has 8 nitrogen and oxygen atoms in total. The maximum absolute atomic E-state index is 13.7. The van der Waals surface area contributed by atoms with Crippen LogP contribution in [0.15, 0.2) is 47.0 Å². The minimum atomic E-state index is -0.469. The first kappa shape index (κ1) is 21.0. The largest absolute Gasteiger partial charge is 0.491 e. The average Bonchev–Trinajstić information content (AvgIpc) is 3.19. The molecule has 1 heterocycles. The molecule has 0 saturated heterocycles. The second-order valence-corrected chi connectivity index (χ2v) is 6.58. The first-order chi connectivity index (χ1) is 14.4. The lowest BCUT2D eigenvalue weighted by molar-refractivity contribution is -0.118. The third kappa shape index (κ3) is 5.63. The Morgan fingerprint density at radius 1 is 1.20 bits per heavy atom. The molecular weight excluding hydrogens is 391 g/mol. The van der Waals surface area contributed by atoms with Gasteiger partial charge in [-0.3, -0.25) is 9.59 Å². The number of anilines is 1. The predicted molar refractivity (Wildman–Crippen MR) is 107 cm³/mol. The first-order valence-corrected chi connectivity index (χ1v) is 9.31. The highest BCUT2D eigenvalue weighted by molar-refractivity contribution is 5.92. The van der Waals surface area contributed by atoms with Crippen molar-refractivity contribution in [1.82, 2.24) is 10.1 Å². The van der Waals surface area contributed by atoms with Crippen LogP contribution in [0.1, 0.15) is 24.3 Å². The molecule has 0 fully saturated rings. The first-order valence-electron chi connectivity index (χ1n) is 9.31. The molecule has 0 bridgehead atoms. The zero-order valence-corrected chi connectivity index (χ0v) is 16.4. The number of carbonyl (C=O) groups is 2. The van der Waals surface area contributed by atoms with Crippen molar-refractivity contribution in [2.24, 2.45) is 5.73 Å². The summed E-state index contributed by atoms with van der Waals surface area (Å²) >= 11 is 0. The molecule has 3 N–H and O–H groups in total. The van der Waals surface area contributed by atoms with Gasteiger partial charge in [-0.05, 0) is 30.7 Å². The van der Waals surface area contributed by atoms with Crippen molar-refractivity contribution < 1.29 is 23.2 Å². The highest BCUT2D eigenvalue weighted by Gasteiger charge is 2.13. The van der Waals surface area contributed by atoms with E-state index in [0.29, 0.717) is 22.6 Å². The van der Waals surface area contributed by atoms with Gasteiger partial charge in [0.25, 0.3) is 0 Å². The van der Waals surface area contributed by atoms with E-state index in [0.717, 1.165) is 0 Å². The standard InChI is InChI=1S/C21H21FN4O4/c1-13-6-7-14(12-15(13)22)21-25-20(30-26-21)9-8-19(28)24-16-4-2-3-5-17(16)29-11-10-18(23)27/h2-7,12H,8-11H2,1H3,(H2,23,27)(H,24,28). The monoisotopic (exact) mass is 412 g/mol. The Kier molecular flexibility index (Phi) is 6.74. The number of halogens is 1. The van der Waals surface area contributed by atoms with Crippen LogP contribution in [0.5, 0.6) is 5.75 Å². The van der Waals surface area contributed by atoms with Gasteiger partial charge in [0.1, 0.15) is 11.6 Å². The molecule has 30 heavy (non-hydrogen) atoms. The molecular formula is C21H21FN4O4. The molecule has 156 valence electrons. The highest BCUT2D eigenvalue weighted by Crippen LogP contribution is 2.24. The SMILES string of the molecule is Cc1ccc(-c2noc(CCC(=O)Nc3ccccc3OCCC(N)=O)n2)cc1F. The third-order valence-corrected chi connectivity index (χ3v) is 4.23. The quantitative estimate of drug-likeness (QED) is 0.557. The van der Waals surface area contributed by atoms with Crippen LogP contribution in [0.4, 0.5) is 10.1 Å². The van der Waals surface area contributed by atoms with Gasteiger partial charge in [-0.25, -0.2) is 4.39 Å². The fourth-order valence-electron chi connectivity index (χ4n) is 2.60. The molecule has 0 aliphatic rings. The fraction of sp³-hybridized carbons (Fsp3) is 0.238. The van der Waals surface area contributed by atoms with E-state index in [1.165, 1.54) is 6.07 Å². The van der Waals surface area contributed by atoms with E-state index in [1.807, 2.05) is 0 Å². The summed E-state index contributed by atoms with van der Waals surface area (Å²) in [5, 5.41) is 6.59. The molecule has 0 radical (unpaired) electrons. The van der Waals surface area contributed by atoms with Crippen molar-refractivity contribution in [3.05, 3.63) is 59.7 Å². The molecule has 1 aromatic heterocycles. The number of nitrogens with two attached hydrogens (primary N) is 1. The molecule has 2 aromatic carbocycles. The molecule has 3 aromatic rings. The molecule has 0 aliphatic carbocycles. The van der Waals surface area contributed by atoms with Crippen LogP contribution in [0.25, 0.3) is 11.4 Å². The molecule has 0 atom stereocenters. The lowest BCUT2D eigenvalue weighted by Crippen LogP contribution is -2.16. The van der Waals surface area contributed by atoms with Gasteiger partial charge in [0.05, 0.1) is 18.7 Å². The van der Waals surface area contributed by atoms with Gasteiger partial charge >= 0.3 is 0 Å². The molecule has 0 saturated carbocycles. The number of nitrogens with zero attached hydrogens (tertiary/aromatic N) is 2. The number of aromatic nitrogens is 2. The highest BCUT2D eigenvalue weighted by atomic mass is 19.1. The lowest BCUT2D eigenvalue weighted by Gasteiger charge is -2.11. The van der Waals surface area contributed by atoms with Gasteiger partial charge in [0.2, 0.25) is 23.5 Å². The summed E-state index contributed by atoms with van der Waals surface area (Å²) in [6.07, 6.45) is 0.393.